The van der Waals surface area contributed by atoms with Gasteiger partial charge in [0, 0.05) is 42.6 Å². The second-order valence-electron chi connectivity index (χ2n) is 7.78. The van der Waals surface area contributed by atoms with E-state index in [4.69, 9.17) is 11.6 Å². The molecule has 0 unspecified atom stereocenters. The molecule has 1 atom stereocenters. The Bertz CT molecular complexity index is 893. The molecule has 2 N–H and O–H groups in total. The first-order valence-corrected chi connectivity index (χ1v) is 10.6. The minimum Gasteiger partial charge on any atom is -0.325 e. The van der Waals surface area contributed by atoms with Gasteiger partial charge in [-0.05, 0) is 62.2 Å². The van der Waals surface area contributed by atoms with Gasteiger partial charge < -0.3 is 10.6 Å². The maximum atomic E-state index is 12.6. The zero-order valence-corrected chi connectivity index (χ0v) is 18.5. The van der Waals surface area contributed by atoms with Gasteiger partial charge in [0.2, 0.25) is 11.8 Å². The van der Waals surface area contributed by atoms with E-state index in [1.807, 2.05) is 39.0 Å². The molecule has 0 radical (unpaired) electrons. The number of hydrogen-bond donors (Lipinski definition) is 2. The Kier molecular flexibility index (Phi) is 7.48. The SMILES string of the molecule is Cc1cccc(NC(=O)CN2CCN([C@H](C)C(=O)Nc3ccc(Cl)cc3)CC2)c1C. The van der Waals surface area contributed by atoms with Gasteiger partial charge in [-0.1, -0.05) is 23.7 Å². The van der Waals surface area contributed by atoms with Crippen molar-refractivity contribution in [1.29, 1.82) is 0 Å². The number of amides is 2. The molecule has 6 nitrogen and oxygen atoms in total. The van der Waals surface area contributed by atoms with Crippen LogP contribution in [0.15, 0.2) is 42.5 Å². The third-order valence-corrected chi connectivity index (χ3v) is 5.94. The molecular weight excluding hydrogens is 400 g/mol. The molecule has 0 spiro atoms. The van der Waals surface area contributed by atoms with Crippen molar-refractivity contribution in [3.05, 3.63) is 58.6 Å². The molecule has 7 heteroatoms. The molecule has 1 heterocycles. The van der Waals surface area contributed by atoms with Crippen molar-refractivity contribution in [2.75, 3.05) is 43.4 Å². The summed E-state index contributed by atoms with van der Waals surface area (Å²) >= 11 is 5.89. The summed E-state index contributed by atoms with van der Waals surface area (Å²) in [4.78, 5) is 29.3. The monoisotopic (exact) mass is 428 g/mol. The number of nitrogens with zero attached hydrogens (tertiary/aromatic N) is 2. The number of aryl methyl sites for hydroxylation is 1. The Balaban J connectivity index is 1.45. The Labute approximate surface area is 183 Å². The fourth-order valence-corrected chi connectivity index (χ4v) is 3.66. The predicted molar refractivity (Wildman–Crippen MR) is 122 cm³/mol. The van der Waals surface area contributed by atoms with Crippen LogP contribution in [-0.2, 0) is 9.59 Å². The molecule has 2 aromatic rings. The quantitative estimate of drug-likeness (QED) is 0.738. The number of nitrogens with one attached hydrogen (secondary N) is 2. The van der Waals surface area contributed by atoms with Gasteiger partial charge in [-0.2, -0.15) is 0 Å². The molecule has 1 aliphatic rings. The van der Waals surface area contributed by atoms with Gasteiger partial charge in [0.05, 0.1) is 12.6 Å². The summed E-state index contributed by atoms with van der Waals surface area (Å²) in [7, 11) is 0. The molecule has 0 aromatic heterocycles. The van der Waals surface area contributed by atoms with Crippen molar-refractivity contribution in [2.45, 2.75) is 26.8 Å². The first-order chi connectivity index (χ1) is 14.3. The van der Waals surface area contributed by atoms with Crippen LogP contribution in [-0.4, -0.2) is 60.4 Å². The Hall–Kier alpha value is -2.41. The molecule has 1 saturated heterocycles. The van der Waals surface area contributed by atoms with Gasteiger partial charge in [-0.15, -0.1) is 0 Å². The zero-order valence-electron chi connectivity index (χ0n) is 17.7. The number of carbonyl (C=O) groups is 2. The Morgan fingerprint density at radius 1 is 1.00 bits per heavy atom. The minimum atomic E-state index is -0.244. The first kappa shape index (κ1) is 22.3. The van der Waals surface area contributed by atoms with Gasteiger partial charge in [-0.3, -0.25) is 19.4 Å². The number of piperazine rings is 1. The summed E-state index contributed by atoms with van der Waals surface area (Å²) in [5.41, 5.74) is 3.85. The van der Waals surface area contributed by atoms with Gasteiger partial charge in [-0.25, -0.2) is 0 Å². The van der Waals surface area contributed by atoms with E-state index >= 15 is 0 Å². The standard InChI is InChI=1S/C23H29ClN4O2/c1-16-5-4-6-21(17(16)2)26-22(29)15-27-11-13-28(14-12-27)18(3)23(30)25-20-9-7-19(24)8-10-20/h4-10,18H,11-15H2,1-3H3,(H,25,30)(H,26,29)/t18-/m1/s1. The van der Waals surface area contributed by atoms with Crippen molar-refractivity contribution in [3.8, 4) is 0 Å². The third kappa shape index (κ3) is 5.81. The lowest BCUT2D eigenvalue weighted by Crippen LogP contribution is -2.53. The van der Waals surface area contributed by atoms with Crippen LogP contribution < -0.4 is 10.6 Å². The predicted octanol–water partition coefficient (Wildman–Crippen LogP) is 3.54. The van der Waals surface area contributed by atoms with Crippen LogP contribution in [0.1, 0.15) is 18.1 Å². The molecule has 0 saturated carbocycles. The van der Waals surface area contributed by atoms with Crippen LogP contribution in [0, 0.1) is 13.8 Å². The summed E-state index contributed by atoms with van der Waals surface area (Å²) in [6.45, 7) is 9.30. The molecule has 2 aromatic carbocycles. The minimum absolute atomic E-state index is 0.00863. The normalized spacial score (nSPS) is 16.1. The molecule has 1 fully saturated rings. The average molecular weight is 429 g/mol. The van der Waals surface area contributed by atoms with E-state index in [1.54, 1.807) is 24.3 Å². The summed E-state index contributed by atoms with van der Waals surface area (Å²) in [5, 5.41) is 6.58. The Morgan fingerprint density at radius 2 is 1.67 bits per heavy atom. The molecule has 3 rings (SSSR count). The lowest BCUT2D eigenvalue weighted by Gasteiger charge is -2.37. The van der Waals surface area contributed by atoms with Crippen molar-refractivity contribution < 1.29 is 9.59 Å². The number of benzene rings is 2. The molecular formula is C23H29ClN4O2. The molecule has 30 heavy (non-hydrogen) atoms. The van der Waals surface area contributed by atoms with E-state index in [9.17, 15) is 9.59 Å². The van der Waals surface area contributed by atoms with Crippen LogP contribution in [0.2, 0.25) is 5.02 Å². The second-order valence-corrected chi connectivity index (χ2v) is 8.22. The van der Waals surface area contributed by atoms with Gasteiger partial charge >= 0.3 is 0 Å². The van der Waals surface area contributed by atoms with Crippen LogP contribution >= 0.6 is 11.6 Å². The number of hydrogen-bond acceptors (Lipinski definition) is 4. The van der Waals surface area contributed by atoms with Crippen molar-refractivity contribution in [3.63, 3.8) is 0 Å². The summed E-state index contributed by atoms with van der Waals surface area (Å²) in [6.07, 6.45) is 0. The highest BCUT2D eigenvalue weighted by Crippen LogP contribution is 2.18. The van der Waals surface area contributed by atoms with Crippen molar-refractivity contribution in [2.24, 2.45) is 0 Å². The summed E-state index contributed by atoms with van der Waals surface area (Å²) in [6, 6.07) is 12.8. The lowest BCUT2D eigenvalue weighted by atomic mass is 10.1. The molecule has 2 amide bonds. The van der Waals surface area contributed by atoms with Gasteiger partial charge in [0.1, 0.15) is 0 Å². The highest BCUT2D eigenvalue weighted by atomic mass is 35.5. The number of rotatable bonds is 6. The van der Waals surface area contributed by atoms with Crippen LogP contribution in [0.4, 0.5) is 11.4 Å². The molecule has 1 aliphatic heterocycles. The zero-order chi connectivity index (χ0) is 21.7. The number of halogens is 1. The van der Waals surface area contributed by atoms with Crippen LogP contribution in [0.3, 0.4) is 0 Å². The maximum absolute atomic E-state index is 12.6. The van der Waals surface area contributed by atoms with E-state index in [-0.39, 0.29) is 17.9 Å². The van der Waals surface area contributed by atoms with Gasteiger partial charge in [0.25, 0.3) is 0 Å². The fraction of sp³-hybridized carbons (Fsp3) is 0.391. The van der Waals surface area contributed by atoms with E-state index < -0.39 is 0 Å². The first-order valence-electron chi connectivity index (χ1n) is 10.2. The largest absolute Gasteiger partial charge is 0.325 e. The summed E-state index contributed by atoms with van der Waals surface area (Å²) < 4.78 is 0. The molecule has 0 aliphatic carbocycles. The Morgan fingerprint density at radius 3 is 2.33 bits per heavy atom. The third-order valence-electron chi connectivity index (χ3n) is 5.69. The van der Waals surface area contributed by atoms with E-state index in [2.05, 4.69) is 20.4 Å². The van der Waals surface area contributed by atoms with Crippen molar-refractivity contribution in [1.82, 2.24) is 9.80 Å². The lowest BCUT2D eigenvalue weighted by molar-refractivity contribution is -0.122. The van der Waals surface area contributed by atoms with E-state index in [0.717, 1.165) is 48.7 Å². The summed E-state index contributed by atoms with van der Waals surface area (Å²) in [5.74, 6) is -0.0517. The fourth-order valence-electron chi connectivity index (χ4n) is 3.53. The maximum Gasteiger partial charge on any atom is 0.241 e. The highest BCUT2D eigenvalue weighted by Gasteiger charge is 2.26. The van der Waals surface area contributed by atoms with Crippen molar-refractivity contribution >= 4 is 34.8 Å². The highest BCUT2D eigenvalue weighted by molar-refractivity contribution is 6.30. The van der Waals surface area contributed by atoms with E-state index in [0.29, 0.717) is 11.6 Å². The molecule has 160 valence electrons. The average Bonchev–Trinajstić information content (AvgIpc) is 2.73. The smallest absolute Gasteiger partial charge is 0.241 e. The van der Waals surface area contributed by atoms with Gasteiger partial charge in [0.15, 0.2) is 0 Å². The topological polar surface area (TPSA) is 64.7 Å². The van der Waals surface area contributed by atoms with E-state index in [1.165, 1.54) is 0 Å². The van der Waals surface area contributed by atoms with Crippen LogP contribution in [0.5, 0.6) is 0 Å². The second kappa shape index (κ2) is 10.1. The number of carbonyl (C=O) groups excluding carboxylic acids is 2. The number of anilines is 2. The van der Waals surface area contributed by atoms with Crippen LogP contribution in [0.25, 0.3) is 0 Å². The molecule has 0 bridgehead atoms.